The highest BCUT2D eigenvalue weighted by molar-refractivity contribution is 7.99. The number of benzene rings is 2. The first-order valence-corrected chi connectivity index (χ1v) is 7.47. The molecule has 1 aliphatic carbocycles. The zero-order chi connectivity index (χ0) is 13.9. The van der Waals surface area contributed by atoms with Crippen molar-refractivity contribution in [2.24, 2.45) is 0 Å². The standard InChI is InChI=1S/C16H15F2NS/c17-12-3-8-16(15(18)9-12)20-14-6-1-11(2-7-14)10-19-13-4-5-13/h1-3,6-9,13,19H,4-5,10H2. The first-order chi connectivity index (χ1) is 9.70. The Hall–Kier alpha value is -1.39. The molecule has 0 spiro atoms. The van der Waals surface area contributed by atoms with Gasteiger partial charge in [-0.25, -0.2) is 8.78 Å². The molecule has 1 aliphatic rings. The lowest BCUT2D eigenvalue weighted by Gasteiger charge is -2.06. The molecule has 0 unspecified atom stereocenters. The second-order valence-corrected chi connectivity index (χ2v) is 6.09. The molecule has 0 bridgehead atoms. The zero-order valence-electron chi connectivity index (χ0n) is 10.9. The van der Waals surface area contributed by atoms with Gasteiger partial charge in [-0.3, -0.25) is 0 Å². The molecule has 0 amide bonds. The molecule has 0 aliphatic heterocycles. The quantitative estimate of drug-likeness (QED) is 0.878. The van der Waals surface area contributed by atoms with Crippen molar-refractivity contribution in [3.63, 3.8) is 0 Å². The molecule has 0 heterocycles. The Bertz CT molecular complexity index is 594. The van der Waals surface area contributed by atoms with Crippen LogP contribution in [0.25, 0.3) is 0 Å². The highest BCUT2D eigenvalue weighted by Crippen LogP contribution is 2.30. The molecular weight excluding hydrogens is 276 g/mol. The van der Waals surface area contributed by atoms with E-state index in [0.29, 0.717) is 10.9 Å². The maximum Gasteiger partial charge on any atom is 0.140 e. The van der Waals surface area contributed by atoms with Gasteiger partial charge >= 0.3 is 0 Å². The molecule has 1 nitrogen and oxygen atoms in total. The Balaban J connectivity index is 1.64. The summed E-state index contributed by atoms with van der Waals surface area (Å²) in [6.45, 7) is 0.876. The molecule has 4 heteroatoms. The highest BCUT2D eigenvalue weighted by atomic mass is 32.2. The fourth-order valence-corrected chi connectivity index (χ4v) is 2.73. The Labute approximate surface area is 121 Å². The van der Waals surface area contributed by atoms with E-state index in [1.54, 1.807) is 0 Å². The van der Waals surface area contributed by atoms with E-state index < -0.39 is 11.6 Å². The first kappa shape index (κ1) is 13.6. The van der Waals surface area contributed by atoms with Crippen molar-refractivity contribution in [2.75, 3.05) is 0 Å². The third-order valence-electron chi connectivity index (χ3n) is 3.22. The summed E-state index contributed by atoms with van der Waals surface area (Å²) in [4.78, 5) is 1.39. The van der Waals surface area contributed by atoms with Crippen molar-refractivity contribution >= 4 is 11.8 Å². The minimum atomic E-state index is -0.548. The lowest BCUT2D eigenvalue weighted by Crippen LogP contribution is -2.14. The van der Waals surface area contributed by atoms with E-state index >= 15 is 0 Å². The molecule has 20 heavy (non-hydrogen) atoms. The molecule has 0 saturated heterocycles. The van der Waals surface area contributed by atoms with Crippen molar-refractivity contribution in [2.45, 2.75) is 35.2 Å². The van der Waals surface area contributed by atoms with Crippen molar-refractivity contribution in [3.8, 4) is 0 Å². The summed E-state index contributed by atoms with van der Waals surface area (Å²) in [5.74, 6) is -1.07. The van der Waals surface area contributed by atoms with Gasteiger partial charge in [0.15, 0.2) is 0 Å². The van der Waals surface area contributed by atoms with Gasteiger partial charge in [0.25, 0.3) is 0 Å². The maximum absolute atomic E-state index is 13.6. The average Bonchev–Trinajstić information content (AvgIpc) is 3.25. The Morgan fingerprint density at radius 3 is 2.45 bits per heavy atom. The smallest absolute Gasteiger partial charge is 0.140 e. The van der Waals surface area contributed by atoms with E-state index in [1.165, 1.54) is 42.3 Å². The van der Waals surface area contributed by atoms with Crippen LogP contribution < -0.4 is 5.32 Å². The van der Waals surface area contributed by atoms with Crippen LogP contribution in [0, 0.1) is 11.6 Å². The largest absolute Gasteiger partial charge is 0.310 e. The van der Waals surface area contributed by atoms with E-state index in [0.717, 1.165) is 17.5 Å². The minimum absolute atomic E-state index is 0.440. The van der Waals surface area contributed by atoms with E-state index in [1.807, 2.05) is 24.3 Å². The van der Waals surface area contributed by atoms with E-state index in [9.17, 15) is 8.78 Å². The van der Waals surface area contributed by atoms with Crippen LogP contribution in [-0.4, -0.2) is 6.04 Å². The van der Waals surface area contributed by atoms with Gasteiger partial charge in [-0.1, -0.05) is 23.9 Å². The summed E-state index contributed by atoms with van der Waals surface area (Å²) in [5.41, 5.74) is 1.22. The van der Waals surface area contributed by atoms with Gasteiger partial charge in [0.05, 0.1) is 0 Å². The predicted molar refractivity (Wildman–Crippen MR) is 76.8 cm³/mol. The molecule has 2 aromatic rings. The molecule has 0 aromatic heterocycles. The van der Waals surface area contributed by atoms with Gasteiger partial charge in [-0.05, 0) is 42.7 Å². The summed E-state index contributed by atoms with van der Waals surface area (Å²) in [7, 11) is 0. The van der Waals surface area contributed by atoms with Crippen molar-refractivity contribution < 1.29 is 8.78 Å². The van der Waals surface area contributed by atoms with Crippen molar-refractivity contribution in [3.05, 3.63) is 59.7 Å². The summed E-state index contributed by atoms with van der Waals surface area (Å²) in [5, 5.41) is 3.45. The lowest BCUT2D eigenvalue weighted by atomic mass is 10.2. The van der Waals surface area contributed by atoms with Crippen LogP contribution in [0.4, 0.5) is 8.78 Å². The van der Waals surface area contributed by atoms with Gasteiger partial charge in [-0.15, -0.1) is 0 Å². The Morgan fingerprint density at radius 2 is 1.80 bits per heavy atom. The first-order valence-electron chi connectivity index (χ1n) is 6.66. The second kappa shape index (κ2) is 5.94. The van der Waals surface area contributed by atoms with Crippen LogP contribution in [0.5, 0.6) is 0 Å². The number of hydrogen-bond acceptors (Lipinski definition) is 2. The van der Waals surface area contributed by atoms with Crippen LogP contribution in [-0.2, 0) is 6.54 Å². The minimum Gasteiger partial charge on any atom is -0.310 e. The van der Waals surface area contributed by atoms with Crippen molar-refractivity contribution in [1.82, 2.24) is 5.32 Å². The average molecular weight is 291 g/mol. The number of rotatable bonds is 5. The molecule has 2 aromatic carbocycles. The number of hydrogen-bond donors (Lipinski definition) is 1. The Kier molecular flexibility index (Phi) is 4.03. The summed E-state index contributed by atoms with van der Waals surface area (Å²) >= 11 is 1.31. The summed E-state index contributed by atoms with van der Waals surface area (Å²) in [6, 6.07) is 12.4. The van der Waals surface area contributed by atoms with E-state index in [4.69, 9.17) is 0 Å². The molecule has 1 saturated carbocycles. The molecule has 0 radical (unpaired) electrons. The van der Waals surface area contributed by atoms with Crippen LogP contribution in [0.3, 0.4) is 0 Å². The number of nitrogens with one attached hydrogen (secondary N) is 1. The fraction of sp³-hybridized carbons (Fsp3) is 0.250. The van der Waals surface area contributed by atoms with Gasteiger partial charge in [0, 0.05) is 28.4 Å². The van der Waals surface area contributed by atoms with Gasteiger partial charge in [-0.2, -0.15) is 0 Å². The number of halogens is 2. The van der Waals surface area contributed by atoms with Gasteiger partial charge in [0.1, 0.15) is 11.6 Å². The Morgan fingerprint density at radius 1 is 1.05 bits per heavy atom. The van der Waals surface area contributed by atoms with Gasteiger partial charge < -0.3 is 5.32 Å². The molecule has 1 N–H and O–H groups in total. The molecule has 0 atom stereocenters. The van der Waals surface area contributed by atoms with E-state index in [-0.39, 0.29) is 0 Å². The summed E-state index contributed by atoms with van der Waals surface area (Å²) < 4.78 is 26.4. The molecule has 3 rings (SSSR count). The lowest BCUT2D eigenvalue weighted by molar-refractivity contribution is 0.565. The molecule has 104 valence electrons. The normalized spacial score (nSPS) is 14.5. The second-order valence-electron chi connectivity index (χ2n) is 4.98. The van der Waals surface area contributed by atoms with Crippen molar-refractivity contribution in [1.29, 1.82) is 0 Å². The molecule has 1 fully saturated rings. The van der Waals surface area contributed by atoms with Crippen LogP contribution >= 0.6 is 11.8 Å². The highest BCUT2D eigenvalue weighted by Gasteiger charge is 2.19. The monoisotopic (exact) mass is 291 g/mol. The third-order valence-corrected chi connectivity index (χ3v) is 4.28. The SMILES string of the molecule is Fc1ccc(Sc2ccc(CNC3CC3)cc2)c(F)c1. The predicted octanol–water partition coefficient (Wildman–Crippen LogP) is 4.37. The van der Waals surface area contributed by atoms with E-state index in [2.05, 4.69) is 5.32 Å². The third kappa shape index (κ3) is 3.58. The van der Waals surface area contributed by atoms with Crippen LogP contribution in [0.15, 0.2) is 52.3 Å². The van der Waals surface area contributed by atoms with Gasteiger partial charge in [0.2, 0.25) is 0 Å². The zero-order valence-corrected chi connectivity index (χ0v) is 11.7. The summed E-state index contributed by atoms with van der Waals surface area (Å²) in [6.07, 6.45) is 2.55. The van der Waals surface area contributed by atoms with Crippen LogP contribution in [0.1, 0.15) is 18.4 Å². The fourth-order valence-electron chi connectivity index (χ4n) is 1.91. The van der Waals surface area contributed by atoms with Crippen LogP contribution in [0.2, 0.25) is 0 Å². The molecular formula is C16H15F2NS. The maximum atomic E-state index is 13.6. The topological polar surface area (TPSA) is 12.0 Å².